The van der Waals surface area contributed by atoms with Gasteiger partial charge in [-0.1, -0.05) is 47.5 Å². The zero-order chi connectivity index (χ0) is 18.5. The molecule has 6 heteroatoms. The average molecular weight is 369 g/mol. The predicted molar refractivity (Wildman–Crippen MR) is 103 cm³/mol. The molecule has 3 rings (SSSR count). The van der Waals surface area contributed by atoms with Crippen LogP contribution < -0.4 is 5.32 Å². The van der Waals surface area contributed by atoms with Gasteiger partial charge in [0.25, 0.3) is 0 Å². The van der Waals surface area contributed by atoms with Gasteiger partial charge in [-0.2, -0.15) is 5.26 Å². The van der Waals surface area contributed by atoms with E-state index in [9.17, 15) is 10.1 Å². The molecule has 1 fully saturated rings. The van der Waals surface area contributed by atoms with Crippen molar-refractivity contribution in [3.05, 3.63) is 64.7 Å². The quantitative estimate of drug-likeness (QED) is 0.888. The van der Waals surface area contributed by atoms with Crippen molar-refractivity contribution >= 4 is 23.3 Å². The zero-order valence-corrected chi connectivity index (χ0v) is 15.4. The second-order valence-electron chi connectivity index (χ2n) is 6.41. The molecule has 0 aromatic heterocycles. The minimum atomic E-state index is -0.284. The summed E-state index contributed by atoms with van der Waals surface area (Å²) in [5, 5.41) is 13.1. The van der Waals surface area contributed by atoms with E-state index in [2.05, 4.69) is 16.3 Å². The summed E-state index contributed by atoms with van der Waals surface area (Å²) < 4.78 is 0. The van der Waals surface area contributed by atoms with Crippen LogP contribution in [0.5, 0.6) is 0 Å². The van der Waals surface area contributed by atoms with Crippen molar-refractivity contribution in [2.24, 2.45) is 0 Å². The highest BCUT2D eigenvalue weighted by molar-refractivity contribution is 6.30. The molecule has 1 unspecified atom stereocenters. The lowest BCUT2D eigenvalue weighted by Gasteiger charge is -2.37. The molecule has 0 saturated carbocycles. The van der Waals surface area contributed by atoms with E-state index in [4.69, 9.17) is 11.6 Å². The lowest BCUT2D eigenvalue weighted by atomic mass is 10.0. The van der Waals surface area contributed by atoms with Crippen molar-refractivity contribution in [1.29, 1.82) is 5.26 Å². The molecule has 1 aliphatic heterocycles. The molecule has 0 spiro atoms. The van der Waals surface area contributed by atoms with E-state index in [1.165, 1.54) is 5.56 Å². The highest BCUT2D eigenvalue weighted by Crippen LogP contribution is 2.22. The number of benzene rings is 2. The van der Waals surface area contributed by atoms with Crippen molar-refractivity contribution in [2.45, 2.75) is 13.0 Å². The molecule has 26 heavy (non-hydrogen) atoms. The van der Waals surface area contributed by atoms with Gasteiger partial charge in [0.2, 0.25) is 0 Å². The Labute approximate surface area is 158 Å². The Kier molecular flexibility index (Phi) is 5.77. The monoisotopic (exact) mass is 368 g/mol. The maximum atomic E-state index is 12.4. The Hall–Kier alpha value is -2.55. The Morgan fingerprint density at radius 1 is 1.15 bits per heavy atom. The molecule has 5 nitrogen and oxygen atoms in total. The van der Waals surface area contributed by atoms with Gasteiger partial charge in [-0.3, -0.25) is 4.90 Å². The molecule has 2 aromatic rings. The summed E-state index contributed by atoms with van der Waals surface area (Å²) in [5.41, 5.74) is 2.85. The number of halogens is 1. The average Bonchev–Trinajstić information content (AvgIpc) is 2.64. The number of carbonyl (C=O) groups is 1. The second-order valence-corrected chi connectivity index (χ2v) is 6.84. The summed E-state index contributed by atoms with van der Waals surface area (Å²) in [7, 11) is 0. The maximum absolute atomic E-state index is 12.4. The summed E-state index contributed by atoms with van der Waals surface area (Å²) in [5.74, 6) is 0. The van der Waals surface area contributed by atoms with Gasteiger partial charge in [0, 0.05) is 36.9 Å². The molecule has 1 heterocycles. The van der Waals surface area contributed by atoms with Gasteiger partial charge < -0.3 is 10.2 Å². The third-order valence-corrected chi connectivity index (χ3v) is 4.79. The first-order valence-electron chi connectivity index (χ1n) is 8.58. The fraction of sp³-hybridized carbons (Fsp3) is 0.300. The molecule has 2 aromatic carbocycles. The van der Waals surface area contributed by atoms with Crippen LogP contribution in [0, 0.1) is 18.3 Å². The summed E-state index contributed by atoms with van der Waals surface area (Å²) >= 11 is 5.95. The van der Waals surface area contributed by atoms with Crippen molar-refractivity contribution in [2.75, 3.05) is 31.5 Å². The van der Waals surface area contributed by atoms with Crippen molar-refractivity contribution in [3.8, 4) is 6.07 Å². The van der Waals surface area contributed by atoms with Gasteiger partial charge in [0.15, 0.2) is 0 Å². The van der Waals surface area contributed by atoms with E-state index in [0.717, 1.165) is 5.56 Å². The molecule has 0 bridgehead atoms. The molecule has 134 valence electrons. The van der Waals surface area contributed by atoms with Gasteiger partial charge in [-0.15, -0.1) is 0 Å². The number of piperazine rings is 1. The van der Waals surface area contributed by atoms with E-state index in [-0.39, 0.29) is 12.1 Å². The topological polar surface area (TPSA) is 59.4 Å². The Bertz CT molecular complexity index is 807. The smallest absolute Gasteiger partial charge is 0.321 e. The molecule has 2 amide bonds. The summed E-state index contributed by atoms with van der Waals surface area (Å²) in [6, 6.07) is 17.1. The normalized spacial score (nSPS) is 16.0. The number of aryl methyl sites for hydroxylation is 1. The van der Waals surface area contributed by atoms with E-state index < -0.39 is 0 Å². The summed E-state index contributed by atoms with van der Waals surface area (Å²) in [4.78, 5) is 16.3. The summed E-state index contributed by atoms with van der Waals surface area (Å²) in [6.07, 6.45) is 0. The largest absolute Gasteiger partial charge is 0.322 e. The SMILES string of the molecule is Cc1ccc(C(C#N)N2CCN(C(=O)Nc3cccc(Cl)c3)CC2)cc1. The third-order valence-electron chi connectivity index (χ3n) is 4.56. The minimum absolute atomic E-state index is 0.143. The third kappa shape index (κ3) is 4.34. The zero-order valence-electron chi connectivity index (χ0n) is 14.7. The highest BCUT2D eigenvalue weighted by atomic mass is 35.5. The second kappa shape index (κ2) is 8.22. The van der Waals surface area contributed by atoms with Gasteiger partial charge in [-0.25, -0.2) is 4.79 Å². The molecule has 0 radical (unpaired) electrons. The number of anilines is 1. The number of rotatable bonds is 3. The van der Waals surface area contributed by atoms with Crippen LogP contribution in [0.1, 0.15) is 17.2 Å². The first-order chi connectivity index (χ1) is 12.6. The van der Waals surface area contributed by atoms with Crippen molar-refractivity contribution in [3.63, 3.8) is 0 Å². The molecular formula is C20H21ClN4O. The van der Waals surface area contributed by atoms with Crippen molar-refractivity contribution in [1.82, 2.24) is 9.80 Å². The number of nitrogens with zero attached hydrogens (tertiary/aromatic N) is 3. The molecule has 1 aliphatic rings. The lowest BCUT2D eigenvalue weighted by molar-refractivity contribution is 0.131. The van der Waals surface area contributed by atoms with E-state index in [1.54, 1.807) is 23.1 Å². The molecule has 1 saturated heterocycles. The number of hydrogen-bond donors (Lipinski definition) is 1. The van der Waals surface area contributed by atoms with Gasteiger partial charge in [0.05, 0.1) is 6.07 Å². The molecule has 1 atom stereocenters. The predicted octanol–water partition coefficient (Wildman–Crippen LogP) is 4.06. The Morgan fingerprint density at radius 2 is 1.85 bits per heavy atom. The number of hydrogen-bond acceptors (Lipinski definition) is 3. The first-order valence-corrected chi connectivity index (χ1v) is 8.96. The van der Waals surface area contributed by atoms with Crippen LogP contribution in [0.4, 0.5) is 10.5 Å². The number of carbonyl (C=O) groups excluding carboxylic acids is 1. The van der Waals surface area contributed by atoms with Crippen LogP contribution in [0.2, 0.25) is 5.02 Å². The van der Waals surface area contributed by atoms with Gasteiger partial charge >= 0.3 is 6.03 Å². The number of urea groups is 1. The number of amides is 2. The molecular weight excluding hydrogens is 348 g/mol. The minimum Gasteiger partial charge on any atom is -0.322 e. The Morgan fingerprint density at radius 3 is 2.46 bits per heavy atom. The lowest BCUT2D eigenvalue weighted by Crippen LogP contribution is -2.50. The summed E-state index contributed by atoms with van der Waals surface area (Å²) in [6.45, 7) is 4.51. The maximum Gasteiger partial charge on any atom is 0.321 e. The van der Waals surface area contributed by atoms with E-state index in [1.807, 2.05) is 37.3 Å². The van der Waals surface area contributed by atoms with Crippen LogP contribution in [0.15, 0.2) is 48.5 Å². The fourth-order valence-electron chi connectivity index (χ4n) is 3.07. The van der Waals surface area contributed by atoms with E-state index in [0.29, 0.717) is 36.9 Å². The van der Waals surface area contributed by atoms with Crippen LogP contribution >= 0.6 is 11.6 Å². The highest BCUT2D eigenvalue weighted by Gasteiger charge is 2.27. The fourth-order valence-corrected chi connectivity index (χ4v) is 3.26. The molecule has 0 aliphatic carbocycles. The van der Waals surface area contributed by atoms with Crippen LogP contribution in [0.3, 0.4) is 0 Å². The first kappa shape index (κ1) is 18.2. The number of nitrogens with one attached hydrogen (secondary N) is 1. The Balaban J connectivity index is 1.58. The van der Waals surface area contributed by atoms with E-state index >= 15 is 0 Å². The molecule has 1 N–H and O–H groups in total. The standard InChI is InChI=1S/C20H21ClN4O/c1-15-5-7-16(8-6-15)19(14-22)24-9-11-25(12-10-24)20(26)23-18-4-2-3-17(21)13-18/h2-8,13,19H,9-12H2,1H3,(H,23,26). The number of nitriles is 1. The van der Waals surface area contributed by atoms with Gasteiger partial charge in [0.1, 0.15) is 6.04 Å². The van der Waals surface area contributed by atoms with Gasteiger partial charge in [-0.05, 0) is 30.7 Å². The van der Waals surface area contributed by atoms with Crippen LogP contribution in [-0.2, 0) is 0 Å². The van der Waals surface area contributed by atoms with Crippen molar-refractivity contribution < 1.29 is 4.79 Å². The van der Waals surface area contributed by atoms with Crippen LogP contribution in [0.25, 0.3) is 0 Å². The van der Waals surface area contributed by atoms with Crippen LogP contribution in [-0.4, -0.2) is 42.0 Å².